The van der Waals surface area contributed by atoms with Crippen LogP contribution in [0.1, 0.15) is 29.9 Å². The Morgan fingerprint density at radius 1 is 1.14 bits per heavy atom. The van der Waals surface area contributed by atoms with Crippen LogP contribution in [0.4, 0.5) is 0 Å². The molecule has 4 N–H and O–H groups in total. The number of hydrogen-bond donors (Lipinski definition) is 4. The van der Waals surface area contributed by atoms with E-state index in [0.717, 1.165) is 16.4 Å². The van der Waals surface area contributed by atoms with Gasteiger partial charge in [0.1, 0.15) is 12.6 Å². The monoisotopic (exact) mass is 403 g/mol. The van der Waals surface area contributed by atoms with Crippen molar-refractivity contribution in [2.45, 2.75) is 31.8 Å². The fourth-order valence-electron chi connectivity index (χ4n) is 2.32. The van der Waals surface area contributed by atoms with Crippen LogP contribution < -0.4 is 10.6 Å². The van der Waals surface area contributed by atoms with E-state index in [1.165, 1.54) is 13.8 Å². The lowest BCUT2D eigenvalue weighted by atomic mass is 10.0. The number of carbonyl (C=O) groups excluding carboxylic acids is 2. The lowest BCUT2D eigenvalue weighted by Crippen LogP contribution is -2.49. The summed E-state index contributed by atoms with van der Waals surface area (Å²) in [6.07, 6.45) is 1.28. The summed E-state index contributed by atoms with van der Waals surface area (Å²) in [5, 5.41) is 30.1. The van der Waals surface area contributed by atoms with Gasteiger partial charge in [-0.3, -0.25) is 14.4 Å². The minimum Gasteiger partial charge on any atom is -0.480 e. The summed E-state index contributed by atoms with van der Waals surface area (Å²) in [4.78, 5) is 46.9. The first-order chi connectivity index (χ1) is 13.6. The molecule has 2 rings (SSSR count). The molecule has 0 saturated carbocycles. The van der Waals surface area contributed by atoms with Gasteiger partial charge in [0.2, 0.25) is 5.91 Å². The summed E-state index contributed by atoms with van der Waals surface area (Å²) in [6.45, 7) is 2.19. The molecule has 0 bridgehead atoms. The van der Waals surface area contributed by atoms with Crippen molar-refractivity contribution < 1.29 is 29.4 Å². The Labute approximate surface area is 165 Å². The van der Waals surface area contributed by atoms with E-state index in [4.69, 9.17) is 5.11 Å². The highest BCUT2D eigenvalue weighted by Crippen LogP contribution is 2.14. The second kappa shape index (κ2) is 8.95. The van der Waals surface area contributed by atoms with Gasteiger partial charge in [0.25, 0.3) is 5.91 Å². The lowest BCUT2D eigenvalue weighted by molar-refractivity contribution is -0.146. The van der Waals surface area contributed by atoms with Crippen LogP contribution in [0.3, 0.4) is 0 Å². The first-order valence-electron chi connectivity index (χ1n) is 8.61. The lowest BCUT2D eigenvalue weighted by Gasteiger charge is -2.18. The zero-order valence-electron chi connectivity index (χ0n) is 15.8. The third-order valence-corrected chi connectivity index (χ3v) is 4.14. The number of hydrogen-bond acceptors (Lipinski definition) is 6. The smallest absolute Gasteiger partial charge is 0.331 e. The zero-order chi connectivity index (χ0) is 21.6. The predicted molar refractivity (Wildman–Crippen MR) is 99.0 cm³/mol. The Kier molecular flexibility index (Phi) is 6.65. The molecule has 1 aromatic carbocycles. The number of nitrogens with one attached hydrogen (secondary N) is 2. The highest BCUT2D eigenvalue weighted by molar-refractivity contribution is 5.96. The topological polar surface area (TPSA) is 164 Å². The highest BCUT2D eigenvalue weighted by atomic mass is 16.4. The van der Waals surface area contributed by atoms with Crippen molar-refractivity contribution in [2.75, 3.05) is 6.54 Å². The third kappa shape index (κ3) is 5.61. The van der Waals surface area contributed by atoms with E-state index >= 15 is 0 Å². The van der Waals surface area contributed by atoms with Gasteiger partial charge in [-0.1, -0.05) is 35.5 Å². The molecule has 11 nitrogen and oxygen atoms in total. The number of aromatic nitrogens is 3. The SMILES string of the molecule is CC(C)(C(=O)O)n1cc(C(=O)NC(Cc2ccccc2)C(=O)NCC(=O)O)nn1. The zero-order valence-corrected chi connectivity index (χ0v) is 15.8. The quantitative estimate of drug-likeness (QED) is 0.441. The van der Waals surface area contributed by atoms with Gasteiger partial charge >= 0.3 is 11.9 Å². The number of carbonyl (C=O) groups is 4. The first kappa shape index (κ1) is 21.5. The van der Waals surface area contributed by atoms with Gasteiger partial charge in [-0.15, -0.1) is 5.10 Å². The van der Waals surface area contributed by atoms with E-state index < -0.39 is 41.9 Å². The van der Waals surface area contributed by atoms with Crippen LogP contribution in [-0.2, 0) is 26.3 Å². The molecule has 0 fully saturated rings. The van der Waals surface area contributed by atoms with Crippen molar-refractivity contribution in [3.8, 4) is 0 Å². The summed E-state index contributed by atoms with van der Waals surface area (Å²) < 4.78 is 1.03. The van der Waals surface area contributed by atoms with Gasteiger partial charge in [-0.05, 0) is 19.4 Å². The maximum Gasteiger partial charge on any atom is 0.331 e. The standard InChI is InChI=1S/C18H21N5O6/c1-18(2,17(28)29)23-10-13(21-22-23)16(27)20-12(15(26)19-9-14(24)25)8-11-6-4-3-5-7-11/h3-7,10,12H,8-9H2,1-2H3,(H,19,26)(H,20,27)(H,24,25)(H,28,29). The maximum absolute atomic E-state index is 12.5. The molecule has 2 aromatic rings. The van der Waals surface area contributed by atoms with Crippen LogP contribution in [-0.4, -0.2) is 61.5 Å². The van der Waals surface area contributed by atoms with E-state index in [1.807, 2.05) is 0 Å². The number of carboxylic acid groups (broad SMARTS) is 2. The summed E-state index contributed by atoms with van der Waals surface area (Å²) in [5.74, 6) is -3.81. The average Bonchev–Trinajstić information content (AvgIpc) is 3.17. The van der Waals surface area contributed by atoms with E-state index in [9.17, 15) is 24.3 Å². The van der Waals surface area contributed by atoms with Gasteiger partial charge in [0.05, 0.1) is 6.20 Å². The van der Waals surface area contributed by atoms with E-state index in [-0.39, 0.29) is 12.1 Å². The van der Waals surface area contributed by atoms with Gasteiger partial charge in [0.15, 0.2) is 11.2 Å². The van der Waals surface area contributed by atoms with Crippen molar-refractivity contribution >= 4 is 23.8 Å². The third-order valence-electron chi connectivity index (χ3n) is 4.14. The van der Waals surface area contributed by atoms with Crippen LogP contribution in [0.2, 0.25) is 0 Å². The molecule has 1 atom stereocenters. The number of nitrogens with zero attached hydrogens (tertiary/aromatic N) is 3. The molecule has 0 spiro atoms. The van der Waals surface area contributed by atoms with E-state index in [2.05, 4.69) is 20.9 Å². The normalized spacial score (nSPS) is 12.1. The fraction of sp³-hybridized carbons (Fsp3) is 0.333. The number of rotatable bonds is 9. The minimum absolute atomic E-state index is 0.118. The molecule has 0 aliphatic rings. The number of aliphatic carboxylic acids is 2. The number of amides is 2. The molecule has 0 saturated heterocycles. The Balaban J connectivity index is 2.18. The molecule has 0 radical (unpaired) electrons. The fourth-order valence-corrected chi connectivity index (χ4v) is 2.32. The van der Waals surface area contributed by atoms with Crippen LogP contribution in [0.5, 0.6) is 0 Å². The van der Waals surface area contributed by atoms with Crippen molar-refractivity contribution in [1.82, 2.24) is 25.6 Å². The second-order valence-electron chi connectivity index (χ2n) is 6.74. The highest BCUT2D eigenvalue weighted by Gasteiger charge is 2.32. The minimum atomic E-state index is -1.42. The van der Waals surface area contributed by atoms with E-state index in [1.54, 1.807) is 30.3 Å². The van der Waals surface area contributed by atoms with Crippen LogP contribution >= 0.6 is 0 Å². The molecular weight excluding hydrogens is 382 g/mol. The Bertz CT molecular complexity index is 908. The predicted octanol–water partition coefficient (Wildman–Crippen LogP) is -0.360. The van der Waals surface area contributed by atoms with Crippen LogP contribution in [0, 0.1) is 0 Å². The molecule has 11 heteroatoms. The van der Waals surface area contributed by atoms with Gasteiger partial charge in [-0.2, -0.15) is 0 Å². The van der Waals surface area contributed by atoms with Gasteiger partial charge in [-0.25, -0.2) is 9.48 Å². The average molecular weight is 403 g/mol. The molecule has 2 amide bonds. The van der Waals surface area contributed by atoms with E-state index in [0.29, 0.717) is 0 Å². The molecule has 154 valence electrons. The van der Waals surface area contributed by atoms with Crippen molar-refractivity contribution in [1.29, 1.82) is 0 Å². The summed E-state index contributed by atoms with van der Waals surface area (Å²) in [5.41, 5.74) is -0.851. The van der Waals surface area contributed by atoms with Crippen molar-refractivity contribution in [3.63, 3.8) is 0 Å². The Hall–Kier alpha value is -3.76. The molecule has 29 heavy (non-hydrogen) atoms. The molecule has 1 heterocycles. The number of benzene rings is 1. The van der Waals surface area contributed by atoms with Gasteiger partial charge in [0, 0.05) is 6.42 Å². The molecule has 0 aliphatic carbocycles. The van der Waals surface area contributed by atoms with Crippen molar-refractivity contribution in [3.05, 3.63) is 47.8 Å². The molecule has 1 unspecified atom stereocenters. The second-order valence-corrected chi connectivity index (χ2v) is 6.74. The number of carboxylic acids is 2. The maximum atomic E-state index is 12.5. The molecular formula is C18H21N5O6. The van der Waals surface area contributed by atoms with Crippen molar-refractivity contribution in [2.24, 2.45) is 0 Å². The largest absolute Gasteiger partial charge is 0.480 e. The Morgan fingerprint density at radius 3 is 2.38 bits per heavy atom. The summed E-state index contributed by atoms with van der Waals surface area (Å²) >= 11 is 0. The Morgan fingerprint density at radius 2 is 1.79 bits per heavy atom. The molecule has 0 aliphatic heterocycles. The summed E-state index contributed by atoms with van der Waals surface area (Å²) in [7, 11) is 0. The van der Waals surface area contributed by atoms with Crippen LogP contribution in [0.25, 0.3) is 0 Å². The van der Waals surface area contributed by atoms with Crippen LogP contribution in [0.15, 0.2) is 36.5 Å². The summed E-state index contributed by atoms with van der Waals surface area (Å²) in [6, 6.07) is 7.78. The van der Waals surface area contributed by atoms with Gasteiger partial charge < -0.3 is 20.8 Å². The first-order valence-corrected chi connectivity index (χ1v) is 8.61. The molecule has 1 aromatic heterocycles.